The van der Waals surface area contributed by atoms with Crippen molar-refractivity contribution in [3.05, 3.63) is 23.3 Å². The van der Waals surface area contributed by atoms with Crippen molar-refractivity contribution >= 4 is 22.3 Å². The zero-order valence-corrected chi connectivity index (χ0v) is 10.6. The molecule has 0 aliphatic rings. The van der Waals surface area contributed by atoms with E-state index in [1.165, 1.54) is 18.4 Å². The first-order valence-corrected chi connectivity index (χ1v) is 5.76. The van der Waals surface area contributed by atoms with Gasteiger partial charge in [-0.25, -0.2) is 9.78 Å². The molecule has 90 valence electrons. The minimum atomic E-state index is -0.525. The Labute approximate surface area is 102 Å². The molecule has 2 aromatic rings. The van der Waals surface area contributed by atoms with E-state index in [2.05, 4.69) is 9.72 Å². The number of methoxy groups -OCH3 is 1. The van der Waals surface area contributed by atoms with Crippen molar-refractivity contribution in [3.63, 3.8) is 0 Å². The number of aryl methyl sites for hydroxylation is 2. The lowest BCUT2D eigenvalue weighted by Gasteiger charge is -1.93. The number of esters is 1. The average molecular weight is 252 g/mol. The standard InChI is InChI=1S/C11H12N2O3S/c1-5-4-7(6(2)16-5)10-13-8(9(12)17-10)11(14)15-3/h4H,12H2,1-3H3. The maximum atomic E-state index is 11.4. The molecule has 0 fully saturated rings. The molecule has 0 amide bonds. The lowest BCUT2D eigenvalue weighted by atomic mass is 10.2. The number of carbonyl (C=O) groups excluding carboxylic acids is 1. The molecule has 0 aliphatic carbocycles. The smallest absolute Gasteiger partial charge is 0.359 e. The molecule has 2 aromatic heterocycles. The number of aromatic nitrogens is 1. The molecule has 0 bridgehead atoms. The van der Waals surface area contributed by atoms with E-state index in [1.807, 2.05) is 19.9 Å². The minimum Gasteiger partial charge on any atom is -0.466 e. The zero-order chi connectivity index (χ0) is 12.6. The Morgan fingerprint density at radius 1 is 1.53 bits per heavy atom. The molecule has 2 rings (SSSR count). The van der Waals surface area contributed by atoms with Crippen LogP contribution < -0.4 is 5.73 Å². The van der Waals surface area contributed by atoms with Gasteiger partial charge >= 0.3 is 5.97 Å². The molecule has 0 aromatic carbocycles. The van der Waals surface area contributed by atoms with Gasteiger partial charge in [0.15, 0.2) is 5.69 Å². The predicted molar refractivity (Wildman–Crippen MR) is 65.0 cm³/mol. The third-order valence-corrected chi connectivity index (χ3v) is 3.22. The molecule has 2 N–H and O–H groups in total. The van der Waals surface area contributed by atoms with Gasteiger partial charge in [0, 0.05) is 0 Å². The molecule has 0 unspecified atom stereocenters. The minimum absolute atomic E-state index is 0.158. The molecule has 0 aliphatic heterocycles. The maximum absolute atomic E-state index is 11.4. The van der Waals surface area contributed by atoms with Crippen LogP contribution in [0.2, 0.25) is 0 Å². The topological polar surface area (TPSA) is 78.3 Å². The van der Waals surface area contributed by atoms with Gasteiger partial charge in [-0.15, -0.1) is 0 Å². The van der Waals surface area contributed by atoms with Crippen molar-refractivity contribution in [2.45, 2.75) is 13.8 Å². The highest BCUT2D eigenvalue weighted by molar-refractivity contribution is 7.19. The average Bonchev–Trinajstić information content (AvgIpc) is 2.80. The molecular weight excluding hydrogens is 240 g/mol. The monoisotopic (exact) mass is 252 g/mol. The van der Waals surface area contributed by atoms with Crippen molar-refractivity contribution in [2.75, 3.05) is 12.8 Å². The Hall–Kier alpha value is -1.82. The van der Waals surface area contributed by atoms with E-state index >= 15 is 0 Å². The summed E-state index contributed by atoms with van der Waals surface area (Å²) in [5, 5.41) is 1.02. The molecule has 0 radical (unpaired) electrons. The van der Waals surface area contributed by atoms with Crippen LogP contribution in [0.4, 0.5) is 5.00 Å². The van der Waals surface area contributed by atoms with Crippen molar-refractivity contribution in [2.24, 2.45) is 0 Å². The summed E-state index contributed by atoms with van der Waals surface area (Å²) in [5.41, 5.74) is 6.75. The number of anilines is 1. The summed E-state index contributed by atoms with van der Waals surface area (Å²) in [4.78, 5) is 15.6. The predicted octanol–water partition coefficient (Wildman–Crippen LogP) is 2.39. The van der Waals surface area contributed by atoms with Crippen molar-refractivity contribution < 1.29 is 13.9 Å². The molecule has 0 atom stereocenters. The van der Waals surface area contributed by atoms with Crippen LogP contribution in [0.25, 0.3) is 10.6 Å². The SMILES string of the molecule is COC(=O)c1nc(-c2cc(C)oc2C)sc1N. The fourth-order valence-corrected chi connectivity index (χ4v) is 2.42. The van der Waals surface area contributed by atoms with Crippen LogP contribution in [0, 0.1) is 13.8 Å². The van der Waals surface area contributed by atoms with Gasteiger partial charge < -0.3 is 14.9 Å². The number of rotatable bonds is 2. The van der Waals surface area contributed by atoms with Crippen LogP contribution in [0.5, 0.6) is 0 Å². The Kier molecular flexibility index (Phi) is 2.89. The number of thiazole rings is 1. The normalized spacial score (nSPS) is 10.5. The second-order valence-electron chi connectivity index (χ2n) is 3.55. The number of nitrogen functional groups attached to an aromatic ring is 1. The van der Waals surface area contributed by atoms with Gasteiger partial charge in [-0.05, 0) is 19.9 Å². The van der Waals surface area contributed by atoms with E-state index < -0.39 is 5.97 Å². The highest BCUT2D eigenvalue weighted by Crippen LogP contribution is 2.33. The molecule has 17 heavy (non-hydrogen) atoms. The first kappa shape index (κ1) is 11.7. The summed E-state index contributed by atoms with van der Waals surface area (Å²) in [5.74, 6) is 1.03. The van der Waals surface area contributed by atoms with E-state index in [4.69, 9.17) is 10.2 Å². The van der Waals surface area contributed by atoms with Crippen LogP contribution in [0.15, 0.2) is 10.5 Å². The van der Waals surface area contributed by atoms with Crippen molar-refractivity contribution in [1.82, 2.24) is 4.98 Å². The number of carbonyl (C=O) groups is 1. The summed E-state index contributed by atoms with van der Waals surface area (Å²) in [7, 11) is 1.30. The van der Waals surface area contributed by atoms with E-state index in [0.29, 0.717) is 10.0 Å². The Bertz CT molecular complexity index is 571. The van der Waals surface area contributed by atoms with E-state index in [0.717, 1.165) is 17.1 Å². The molecule has 0 saturated heterocycles. The number of nitrogens with two attached hydrogens (primary N) is 1. The second-order valence-corrected chi connectivity index (χ2v) is 4.58. The second kappa shape index (κ2) is 4.21. The Morgan fingerprint density at radius 3 is 2.76 bits per heavy atom. The van der Waals surface area contributed by atoms with Gasteiger partial charge in [-0.3, -0.25) is 0 Å². The molecule has 0 spiro atoms. The maximum Gasteiger partial charge on any atom is 0.359 e. The van der Waals surface area contributed by atoms with Gasteiger partial charge in [0.1, 0.15) is 21.5 Å². The van der Waals surface area contributed by atoms with Gasteiger partial charge in [-0.2, -0.15) is 0 Å². The Balaban J connectivity index is 2.48. The summed E-state index contributed by atoms with van der Waals surface area (Å²) >= 11 is 1.24. The van der Waals surface area contributed by atoms with Crippen LogP contribution >= 0.6 is 11.3 Å². The quantitative estimate of drug-likeness (QED) is 0.830. The molecule has 5 nitrogen and oxygen atoms in total. The van der Waals surface area contributed by atoms with E-state index in [-0.39, 0.29) is 5.69 Å². The van der Waals surface area contributed by atoms with Gasteiger partial charge in [0.2, 0.25) is 0 Å². The number of nitrogens with zero attached hydrogens (tertiary/aromatic N) is 1. The number of hydrogen-bond donors (Lipinski definition) is 1. The number of hydrogen-bond acceptors (Lipinski definition) is 6. The first-order valence-electron chi connectivity index (χ1n) is 4.95. The lowest BCUT2D eigenvalue weighted by molar-refractivity contribution is 0.0596. The highest BCUT2D eigenvalue weighted by atomic mass is 32.1. The van der Waals surface area contributed by atoms with Gasteiger partial charge in [0.25, 0.3) is 0 Å². The van der Waals surface area contributed by atoms with Crippen molar-refractivity contribution in [3.8, 4) is 10.6 Å². The molecule has 2 heterocycles. The van der Waals surface area contributed by atoms with E-state index in [1.54, 1.807) is 0 Å². The summed E-state index contributed by atoms with van der Waals surface area (Å²) in [6, 6.07) is 1.87. The summed E-state index contributed by atoms with van der Waals surface area (Å²) < 4.78 is 10.0. The summed E-state index contributed by atoms with van der Waals surface area (Å²) in [6.45, 7) is 3.70. The lowest BCUT2D eigenvalue weighted by Crippen LogP contribution is -2.04. The molecule has 6 heteroatoms. The largest absolute Gasteiger partial charge is 0.466 e. The zero-order valence-electron chi connectivity index (χ0n) is 9.73. The summed E-state index contributed by atoms with van der Waals surface area (Å²) in [6.07, 6.45) is 0. The molecule has 0 saturated carbocycles. The third-order valence-electron chi connectivity index (χ3n) is 2.30. The molecular formula is C11H12N2O3S. The van der Waals surface area contributed by atoms with Crippen molar-refractivity contribution in [1.29, 1.82) is 0 Å². The van der Waals surface area contributed by atoms with Gasteiger partial charge in [0.05, 0.1) is 12.7 Å². The fraction of sp³-hybridized carbons (Fsp3) is 0.273. The van der Waals surface area contributed by atoms with E-state index in [9.17, 15) is 4.79 Å². The van der Waals surface area contributed by atoms with Crippen LogP contribution in [0.3, 0.4) is 0 Å². The highest BCUT2D eigenvalue weighted by Gasteiger charge is 2.19. The fourth-order valence-electron chi connectivity index (χ4n) is 1.53. The number of ether oxygens (including phenoxy) is 1. The first-order chi connectivity index (χ1) is 8.02. The van der Waals surface area contributed by atoms with Gasteiger partial charge in [-0.1, -0.05) is 11.3 Å². The van der Waals surface area contributed by atoms with Crippen LogP contribution in [-0.4, -0.2) is 18.1 Å². The Morgan fingerprint density at radius 2 is 2.24 bits per heavy atom. The van der Waals surface area contributed by atoms with Crippen LogP contribution in [0.1, 0.15) is 22.0 Å². The third kappa shape index (κ3) is 2.03. The number of furan rings is 1. The van der Waals surface area contributed by atoms with Crippen LogP contribution in [-0.2, 0) is 4.74 Å².